The summed E-state index contributed by atoms with van der Waals surface area (Å²) in [6.07, 6.45) is 1.42. The van der Waals surface area contributed by atoms with Crippen LogP contribution in [0.1, 0.15) is 43.7 Å². The zero-order chi connectivity index (χ0) is 13.7. The van der Waals surface area contributed by atoms with Crippen LogP contribution in [0.3, 0.4) is 0 Å². The number of aryl methyl sites for hydroxylation is 1. The van der Waals surface area contributed by atoms with Gasteiger partial charge in [-0.25, -0.2) is 0 Å². The zero-order valence-electron chi connectivity index (χ0n) is 11.2. The second-order valence-electron chi connectivity index (χ2n) is 4.39. The molecule has 2 aromatic rings. The zero-order valence-corrected chi connectivity index (χ0v) is 12.0. The predicted molar refractivity (Wildman–Crippen MR) is 74.9 cm³/mol. The van der Waals surface area contributed by atoms with Crippen LogP contribution < -0.4 is 0 Å². The molecule has 1 heterocycles. The molecule has 0 fully saturated rings. The molecule has 1 N–H and O–H groups in total. The van der Waals surface area contributed by atoms with Crippen LogP contribution >= 0.6 is 11.8 Å². The highest BCUT2D eigenvalue weighted by Crippen LogP contribution is 2.23. The van der Waals surface area contributed by atoms with Gasteiger partial charge >= 0.3 is 0 Å². The fourth-order valence-electron chi connectivity index (χ4n) is 1.65. The van der Waals surface area contributed by atoms with E-state index in [1.165, 1.54) is 0 Å². The third kappa shape index (κ3) is 4.08. The smallest absolute Gasteiger partial charge is 0.226 e. The molecule has 0 aliphatic heterocycles. The number of aliphatic hydroxyl groups is 1. The van der Waals surface area contributed by atoms with Gasteiger partial charge in [0.15, 0.2) is 5.82 Å². The first kappa shape index (κ1) is 14.1. The number of thioether (sulfide) groups is 1. The van der Waals surface area contributed by atoms with Crippen molar-refractivity contribution in [2.75, 3.05) is 0 Å². The fourth-order valence-corrected chi connectivity index (χ4v) is 2.40. The van der Waals surface area contributed by atoms with E-state index in [1.807, 2.05) is 24.3 Å². The van der Waals surface area contributed by atoms with Crippen molar-refractivity contribution in [3.8, 4) is 0 Å². The van der Waals surface area contributed by atoms with Crippen molar-refractivity contribution in [3.63, 3.8) is 0 Å². The van der Waals surface area contributed by atoms with Gasteiger partial charge in [0.2, 0.25) is 5.89 Å². The summed E-state index contributed by atoms with van der Waals surface area (Å²) in [6.45, 7) is 3.85. The lowest BCUT2D eigenvalue weighted by Gasteiger charge is -2.05. The highest BCUT2D eigenvalue weighted by atomic mass is 32.2. The van der Waals surface area contributed by atoms with Crippen LogP contribution in [0.15, 0.2) is 33.7 Å². The van der Waals surface area contributed by atoms with E-state index in [9.17, 15) is 5.11 Å². The van der Waals surface area contributed by atoms with Gasteiger partial charge in [0.25, 0.3) is 0 Å². The summed E-state index contributed by atoms with van der Waals surface area (Å²) in [6, 6.07) is 7.87. The van der Waals surface area contributed by atoms with Crippen LogP contribution in [0.25, 0.3) is 0 Å². The Morgan fingerprint density at radius 1 is 1.32 bits per heavy atom. The quantitative estimate of drug-likeness (QED) is 0.821. The molecular weight excluding hydrogens is 260 g/mol. The lowest BCUT2D eigenvalue weighted by atomic mass is 10.1. The Hall–Kier alpha value is -1.33. The predicted octanol–water partition coefficient (Wildman–Crippen LogP) is 3.37. The second kappa shape index (κ2) is 6.73. The Morgan fingerprint density at radius 2 is 2.05 bits per heavy atom. The maximum absolute atomic E-state index is 9.44. The van der Waals surface area contributed by atoms with Crippen molar-refractivity contribution in [1.82, 2.24) is 10.1 Å². The third-order valence-corrected chi connectivity index (χ3v) is 3.71. The molecule has 0 bridgehead atoms. The van der Waals surface area contributed by atoms with E-state index in [1.54, 1.807) is 18.7 Å². The van der Waals surface area contributed by atoms with Crippen molar-refractivity contribution < 1.29 is 9.63 Å². The second-order valence-corrected chi connectivity index (χ2v) is 5.44. The highest BCUT2D eigenvalue weighted by molar-refractivity contribution is 7.98. The molecule has 0 radical (unpaired) electrons. The fraction of sp³-hybridized carbons (Fsp3) is 0.429. The number of hydrogen-bond donors (Lipinski definition) is 1. The molecular formula is C14H18N2O2S. The number of benzene rings is 1. The lowest BCUT2D eigenvalue weighted by Crippen LogP contribution is -1.90. The van der Waals surface area contributed by atoms with Crippen LogP contribution in [-0.2, 0) is 12.2 Å². The van der Waals surface area contributed by atoms with E-state index in [0.717, 1.165) is 29.1 Å². The Labute approximate surface area is 117 Å². The minimum atomic E-state index is -0.423. The standard InChI is InChI=1S/C14H18N2O2S/c1-3-4-14-15-13(16-18-14)9-19-12-7-5-11(6-8-12)10(2)17/h5-8,10,17H,3-4,9H2,1-2H3. The maximum atomic E-state index is 9.44. The number of aliphatic hydroxyl groups excluding tert-OH is 1. The van der Waals surface area contributed by atoms with Crippen LogP contribution in [-0.4, -0.2) is 15.2 Å². The van der Waals surface area contributed by atoms with Crippen molar-refractivity contribution in [2.24, 2.45) is 0 Å². The van der Waals surface area contributed by atoms with Crippen molar-refractivity contribution in [1.29, 1.82) is 0 Å². The SMILES string of the molecule is CCCc1nc(CSc2ccc(C(C)O)cc2)no1. The average molecular weight is 278 g/mol. The summed E-state index contributed by atoms with van der Waals surface area (Å²) in [7, 11) is 0. The summed E-state index contributed by atoms with van der Waals surface area (Å²) >= 11 is 1.66. The number of aromatic nitrogens is 2. The first-order valence-corrected chi connectivity index (χ1v) is 7.40. The molecule has 1 unspecified atom stereocenters. The molecule has 0 spiro atoms. The summed E-state index contributed by atoms with van der Waals surface area (Å²) in [4.78, 5) is 5.45. The van der Waals surface area contributed by atoms with Gasteiger partial charge in [0.05, 0.1) is 11.9 Å². The van der Waals surface area contributed by atoms with Crippen molar-refractivity contribution in [2.45, 2.75) is 43.4 Å². The molecule has 0 saturated carbocycles. The number of rotatable bonds is 6. The first-order chi connectivity index (χ1) is 9.19. The van der Waals surface area contributed by atoms with E-state index in [2.05, 4.69) is 17.1 Å². The summed E-state index contributed by atoms with van der Waals surface area (Å²) in [5.41, 5.74) is 0.925. The minimum Gasteiger partial charge on any atom is -0.389 e. The molecule has 4 nitrogen and oxygen atoms in total. The summed E-state index contributed by atoms with van der Waals surface area (Å²) < 4.78 is 5.14. The van der Waals surface area contributed by atoms with Crippen LogP contribution in [0.2, 0.25) is 0 Å². The Morgan fingerprint density at radius 3 is 2.68 bits per heavy atom. The molecule has 0 aliphatic carbocycles. The maximum Gasteiger partial charge on any atom is 0.226 e. The van der Waals surface area contributed by atoms with Gasteiger partial charge in [0, 0.05) is 11.3 Å². The highest BCUT2D eigenvalue weighted by Gasteiger charge is 2.06. The molecule has 102 valence electrons. The Bertz CT molecular complexity index is 508. The van der Waals surface area contributed by atoms with Crippen molar-refractivity contribution in [3.05, 3.63) is 41.5 Å². The van der Waals surface area contributed by atoms with Crippen LogP contribution in [0.4, 0.5) is 0 Å². The largest absolute Gasteiger partial charge is 0.389 e. The van der Waals surface area contributed by atoms with Gasteiger partial charge in [-0.3, -0.25) is 0 Å². The van der Waals surface area contributed by atoms with Gasteiger partial charge in [0.1, 0.15) is 0 Å². The van der Waals surface area contributed by atoms with Crippen LogP contribution in [0, 0.1) is 0 Å². The van der Waals surface area contributed by atoms with Crippen LogP contribution in [0.5, 0.6) is 0 Å². The van der Waals surface area contributed by atoms with Gasteiger partial charge < -0.3 is 9.63 Å². The topological polar surface area (TPSA) is 59.2 Å². The molecule has 1 aromatic carbocycles. The average Bonchev–Trinajstić information content (AvgIpc) is 2.85. The summed E-state index contributed by atoms with van der Waals surface area (Å²) in [5, 5.41) is 13.4. The summed E-state index contributed by atoms with van der Waals surface area (Å²) in [5.74, 6) is 2.14. The molecule has 1 atom stereocenters. The van der Waals surface area contributed by atoms with E-state index < -0.39 is 6.10 Å². The molecule has 0 saturated heterocycles. The Balaban J connectivity index is 1.90. The van der Waals surface area contributed by atoms with E-state index in [0.29, 0.717) is 11.6 Å². The van der Waals surface area contributed by atoms with E-state index in [4.69, 9.17) is 4.52 Å². The van der Waals surface area contributed by atoms with Crippen molar-refractivity contribution >= 4 is 11.8 Å². The monoisotopic (exact) mass is 278 g/mol. The normalized spacial score (nSPS) is 12.6. The minimum absolute atomic E-state index is 0.423. The molecule has 0 amide bonds. The van der Waals surface area contributed by atoms with E-state index in [-0.39, 0.29) is 0 Å². The first-order valence-electron chi connectivity index (χ1n) is 6.41. The Kier molecular flexibility index (Phi) is 4.99. The molecule has 5 heteroatoms. The molecule has 0 aliphatic rings. The van der Waals surface area contributed by atoms with E-state index >= 15 is 0 Å². The van der Waals surface area contributed by atoms with Gasteiger partial charge in [-0.15, -0.1) is 11.8 Å². The van der Waals surface area contributed by atoms with Gasteiger partial charge in [-0.2, -0.15) is 4.98 Å². The lowest BCUT2D eigenvalue weighted by molar-refractivity contribution is 0.199. The molecule has 19 heavy (non-hydrogen) atoms. The van der Waals surface area contributed by atoms with Gasteiger partial charge in [-0.1, -0.05) is 24.2 Å². The molecule has 2 rings (SSSR count). The third-order valence-electron chi connectivity index (χ3n) is 2.70. The number of nitrogens with zero attached hydrogens (tertiary/aromatic N) is 2. The molecule has 1 aromatic heterocycles. The number of hydrogen-bond acceptors (Lipinski definition) is 5. The van der Waals surface area contributed by atoms with Gasteiger partial charge in [-0.05, 0) is 31.0 Å².